The SMILES string of the molecule is CCCc1nc(Cl)c2c(C)c(C)c(C)cc2n1. The van der Waals surface area contributed by atoms with Gasteiger partial charge in [0.15, 0.2) is 0 Å². The highest BCUT2D eigenvalue weighted by atomic mass is 35.5. The van der Waals surface area contributed by atoms with E-state index in [4.69, 9.17) is 11.6 Å². The van der Waals surface area contributed by atoms with E-state index in [1.165, 1.54) is 16.7 Å². The summed E-state index contributed by atoms with van der Waals surface area (Å²) in [5, 5.41) is 1.58. The Balaban J connectivity index is 2.77. The lowest BCUT2D eigenvalue weighted by atomic mass is 10.0. The third-order valence-corrected chi connectivity index (χ3v) is 3.57. The van der Waals surface area contributed by atoms with Crippen LogP contribution in [0, 0.1) is 20.8 Å². The average Bonchev–Trinajstić information content (AvgIpc) is 2.25. The lowest BCUT2D eigenvalue weighted by Crippen LogP contribution is -1.99. The highest BCUT2D eigenvalue weighted by molar-refractivity contribution is 6.34. The Morgan fingerprint density at radius 3 is 2.47 bits per heavy atom. The van der Waals surface area contributed by atoms with Gasteiger partial charge in [-0.25, -0.2) is 9.97 Å². The summed E-state index contributed by atoms with van der Waals surface area (Å²) in [7, 11) is 0. The zero-order valence-corrected chi connectivity index (χ0v) is 11.5. The second-order valence-electron chi connectivity index (χ2n) is 4.52. The van der Waals surface area contributed by atoms with E-state index in [9.17, 15) is 0 Å². The molecule has 1 heterocycles. The second-order valence-corrected chi connectivity index (χ2v) is 4.88. The van der Waals surface area contributed by atoms with E-state index in [0.717, 1.165) is 29.6 Å². The van der Waals surface area contributed by atoms with Gasteiger partial charge in [0, 0.05) is 11.8 Å². The molecule has 0 amide bonds. The first-order valence-corrected chi connectivity index (χ1v) is 6.35. The van der Waals surface area contributed by atoms with Crippen molar-refractivity contribution in [1.29, 1.82) is 0 Å². The summed E-state index contributed by atoms with van der Waals surface area (Å²) in [4.78, 5) is 8.97. The fraction of sp³-hybridized carbons (Fsp3) is 0.429. The number of benzene rings is 1. The molecule has 0 aliphatic carbocycles. The third kappa shape index (κ3) is 2.14. The topological polar surface area (TPSA) is 25.8 Å². The molecule has 17 heavy (non-hydrogen) atoms. The molecule has 2 nitrogen and oxygen atoms in total. The van der Waals surface area contributed by atoms with Crippen molar-refractivity contribution in [1.82, 2.24) is 9.97 Å². The van der Waals surface area contributed by atoms with Crippen LogP contribution in [0.25, 0.3) is 10.9 Å². The van der Waals surface area contributed by atoms with Crippen LogP contribution in [-0.2, 0) is 6.42 Å². The predicted molar refractivity (Wildman–Crippen MR) is 72.8 cm³/mol. The molecular weight excluding hydrogens is 232 g/mol. The van der Waals surface area contributed by atoms with Crippen molar-refractivity contribution in [2.75, 3.05) is 0 Å². The van der Waals surface area contributed by atoms with Crippen LogP contribution in [0.1, 0.15) is 35.9 Å². The molecule has 0 aliphatic heterocycles. The monoisotopic (exact) mass is 248 g/mol. The molecule has 1 aromatic heterocycles. The molecule has 0 atom stereocenters. The Bertz CT molecular complexity index is 576. The molecular formula is C14H17ClN2. The van der Waals surface area contributed by atoms with Crippen molar-refractivity contribution in [3.05, 3.63) is 33.7 Å². The van der Waals surface area contributed by atoms with Crippen molar-refractivity contribution in [2.24, 2.45) is 0 Å². The van der Waals surface area contributed by atoms with Crippen LogP contribution in [0.15, 0.2) is 6.07 Å². The van der Waals surface area contributed by atoms with E-state index in [0.29, 0.717) is 5.15 Å². The maximum absolute atomic E-state index is 6.28. The number of aryl methyl sites for hydroxylation is 3. The van der Waals surface area contributed by atoms with E-state index in [1.54, 1.807) is 0 Å². The molecule has 90 valence electrons. The van der Waals surface area contributed by atoms with Gasteiger partial charge >= 0.3 is 0 Å². The number of rotatable bonds is 2. The van der Waals surface area contributed by atoms with Crippen LogP contribution in [-0.4, -0.2) is 9.97 Å². The van der Waals surface area contributed by atoms with Crippen molar-refractivity contribution in [3.8, 4) is 0 Å². The van der Waals surface area contributed by atoms with Gasteiger partial charge in [-0.15, -0.1) is 0 Å². The highest BCUT2D eigenvalue weighted by Gasteiger charge is 2.11. The Hall–Kier alpha value is -1.15. The van der Waals surface area contributed by atoms with Crippen molar-refractivity contribution < 1.29 is 0 Å². The second kappa shape index (κ2) is 4.61. The highest BCUT2D eigenvalue weighted by Crippen LogP contribution is 2.28. The van der Waals surface area contributed by atoms with Crippen LogP contribution in [0.2, 0.25) is 5.15 Å². The summed E-state index contributed by atoms with van der Waals surface area (Å²) in [5.74, 6) is 0.840. The van der Waals surface area contributed by atoms with E-state index in [2.05, 4.69) is 43.7 Å². The van der Waals surface area contributed by atoms with Gasteiger partial charge in [-0.1, -0.05) is 18.5 Å². The summed E-state index contributed by atoms with van der Waals surface area (Å²) in [6.45, 7) is 8.42. The molecule has 2 rings (SSSR count). The maximum atomic E-state index is 6.28. The van der Waals surface area contributed by atoms with E-state index >= 15 is 0 Å². The minimum absolute atomic E-state index is 0.582. The van der Waals surface area contributed by atoms with Gasteiger partial charge in [-0.2, -0.15) is 0 Å². The zero-order valence-electron chi connectivity index (χ0n) is 10.8. The van der Waals surface area contributed by atoms with Crippen LogP contribution in [0.5, 0.6) is 0 Å². The summed E-state index contributed by atoms with van der Waals surface area (Å²) >= 11 is 6.28. The molecule has 0 fully saturated rings. The smallest absolute Gasteiger partial charge is 0.140 e. The third-order valence-electron chi connectivity index (χ3n) is 3.29. The normalized spacial score (nSPS) is 11.1. The zero-order chi connectivity index (χ0) is 12.6. The molecule has 0 saturated heterocycles. The van der Waals surface area contributed by atoms with Crippen molar-refractivity contribution in [2.45, 2.75) is 40.5 Å². The van der Waals surface area contributed by atoms with Gasteiger partial charge in [0.1, 0.15) is 11.0 Å². The lowest BCUT2D eigenvalue weighted by molar-refractivity contribution is 0.844. The maximum Gasteiger partial charge on any atom is 0.140 e. The van der Waals surface area contributed by atoms with Crippen LogP contribution >= 0.6 is 11.6 Å². The molecule has 0 bridgehead atoms. The number of nitrogens with zero attached hydrogens (tertiary/aromatic N) is 2. The number of hydrogen-bond donors (Lipinski definition) is 0. The summed E-state index contributed by atoms with van der Waals surface area (Å²) in [5.41, 5.74) is 4.68. The molecule has 0 radical (unpaired) electrons. The number of fused-ring (bicyclic) bond motifs is 1. The van der Waals surface area contributed by atoms with Gasteiger partial charge < -0.3 is 0 Å². The Kier molecular flexibility index (Phi) is 3.34. The molecule has 1 aromatic carbocycles. The molecule has 0 aliphatic rings. The van der Waals surface area contributed by atoms with Crippen molar-refractivity contribution in [3.63, 3.8) is 0 Å². The van der Waals surface area contributed by atoms with Crippen LogP contribution in [0.3, 0.4) is 0 Å². The Morgan fingerprint density at radius 2 is 1.82 bits per heavy atom. The van der Waals surface area contributed by atoms with Gasteiger partial charge in [0.2, 0.25) is 0 Å². The number of aromatic nitrogens is 2. The average molecular weight is 249 g/mol. The summed E-state index contributed by atoms with van der Waals surface area (Å²) < 4.78 is 0. The largest absolute Gasteiger partial charge is 0.233 e. The lowest BCUT2D eigenvalue weighted by Gasteiger charge is -2.11. The van der Waals surface area contributed by atoms with Crippen LogP contribution < -0.4 is 0 Å². The van der Waals surface area contributed by atoms with E-state index in [-0.39, 0.29) is 0 Å². The standard InChI is InChI=1S/C14H17ClN2/c1-5-6-12-16-11-7-8(2)9(3)10(4)13(11)14(15)17-12/h7H,5-6H2,1-4H3. The number of hydrogen-bond acceptors (Lipinski definition) is 2. The van der Waals surface area contributed by atoms with E-state index in [1.807, 2.05) is 0 Å². The molecule has 0 saturated carbocycles. The first-order valence-electron chi connectivity index (χ1n) is 5.97. The minimum atomic E-state index is 0.582. The molecule has 0 N–H and O–H groups in total. The fourth-order valence-electron chi connectivity index (χ4n) is 2.08. The summed E-state index contributed by atoms with van der Waals surface area (Å²) in [6.07, 6.45) is 1.91. The molecule has 0 unspecified atom stereocenters. The molecule has 2 aromatic rings. The minimum Gasteiger partial charge on any atom is -0.233 e. The van der Waals surface area contributed by atoms with Gasteiger partial charge in [0.05, 0.1) is 5.52 Å². The molecule has 0 spiro atoms. The number of halogens is 1. The first-order chi connectivity index (χ1) is 8.04. The first kappa shape index (κ1) is 12.3. The quantitative estimate of drug-likeness (QED) is 0.746. The van der Waals surface area contributed by atoms with Gasteiger partial charge in [-0.3, -0.25) is 0 Å². The summed E-state index contributed by atoms with van der Waals surface area (Å²) in [6, 6.07) is 2.10. The van der Waals surface area contributed by atoms with Crippen LogP contribution in [0.4, 0.5) is 0 Å². The Labute approximate surface area is 107 Å². The predicted octanol–water partition coefficient (Wildman–Crippen LogP) is 4.16. The fourth-order valence-corrected chi connectivity index (χ4v) is 2.41. The van der Waals surface area contributed by atoms with Gasteiger partial charge in [-0.05, 0) is 49.9 Å². The van der Waals surface area contributed by atoms with Crippen molar-refractivity contribution >= 4 is 22.5 Å². The van der Waals surface area contributed by atoms with E-state index < -0.39 is 0 Å². The Morgan fingerprint density at radius 1 is 1.12 bits per heavy atom. The molecule has 3 heteroatoms. The van der Waals surface area contributed by atoms with Gasteiger partial charge in [0.25, 0.3) is 0 Å².